The summed E-state index contributed by atoms with van der Waals surface area (Å²) in [7, 11) is -1.71. The second kappa shape index (κ2) is 6.15. The minimum absolute atomic E-state index is 0.327. The van der Waals surface area contributed by atoms with E-state index in [1.807, 2.05) is 0 Å². The Bertz CT molecular complexity index is 583. The molecule has 1 aliphatic carbocycles. The lowest BCUT2D eigenvalue weighted by Crippen LogP contribution is -2.31. The van der Waals surface area contributed by atoms with Crippen molar-refractivity contribution < 1.29 is 8.42 Å². The van der Waals surface area contributed by atoms with Gasteiger partial charge < -0.3 is 0 Å². The van der Waals surface area contributed by atoms with Crippen molar-refractivity contribution in [1.82, 2.24) is 14.5 Å². The maximum atomic E-state index is 12.5. The molecule has 1 fully saturated rings. The molecule has 5 nitrogen and oxygen atoms in total. The summed E-state index contributed by atoms with van der Waals surface area (Å²) in [5.74, 6) is 1.01. The van der Waals surface area contributed by atoms with Gasteiger partial charge in [0, 0.05) is 18.9 Å². The molecule has 1 saturated carbocycles. The molecular weight excluding hydrogens is 342 g/mol. The van der Waals surface area contributed by atoms with Crippen molar-refractivity contribution in [2.24, 2.45) is 18.9 Å². The third-order valence-corrected chi connectivity index (χ3v) is 6.77. The van der Waals surface area contributed by atoms with Gasteiger partial charge in [-0.25, -0.2) is 13.1 Å². The van der Waals surface area contributed by atoms with Crippen LogP contribution >= 0.6 is 15.9 Å². The highest BCUT2D eigenvalue weighted by atomic mass is 79.9. The molecule has 114 valence electrons. The fourth-order valence-electron chi connectivity index (χ4n) is 3.02. The predicted octanol–water partition coefficient (Wildman–Crippen LogP) is 2.13. The summed E-state index contributed by atoms with van der Waals surface area (Å²) in [6, 6.07) is 0. The van der Waals surface area contributed by atoms with E-state index in [1.165, 1.54) is 12.8 Å². The zero-order valence-corrected chi connectivity index (χ0v) is 14.6. The lowest BCUT2D eigenvalue weighted by atomic mass is 9.99. The number of sulfonamides is 1. The normalized spacial score (nSPS) is 23.4. The van der Waals surface area contributed by atoms with Crippen molar-refractivity contribution in [3.63, 3.8) is 0 Å². The number of hydrogen-bond acceptors (Lipinski definition) is 3. The van der Waals surface area contributed by atoms with E-state index >= 15 is 0 Å². The Balaban J connectivity index is 2.12. The van der Waals surface area contributed by atoms with Gasteiger partial charge in [0.25, 0.3) is 0 Å². The van der Waals surface area contributed by atoms with E-state index in [9.17, 15) is 8.42 Å². The Morgan fingerprint density at radius 2 is 2.00 bits per heavy atom. The van der Waals surface area contributed by atoms with E-state index in [2.05, 4.69) is 25.8 Å². The van der Waals surface area contributed by atoms with Crippen LogP contribution in [0.2, 0.25) is 0 Å². The Morgan fingerprint density at radius 1 is 1.35 bits per heavy atom. The standard InChI is InChI=1S/C13H22BrN3O2S/c1-9-13(10(2)17(3)16-9)20(18,19)15-8-12-6-4-5-11(12)7-14/h11-12,15H,4-8H2,1-3H3. The summed E-state index contributed by atoms with van der Waals surface area (Å²) < 4.78 is 29.3. The van der Waals surface area contributed by atoms with Gasteiger partial charge in [0.15, 0.2) is 0 Å². The molecule has 20 heavy (non-hydrogen) atoms. The molecule has 1 heterocycles. The first-order chi connectivity index (χ1) is 9.36. The van der Waals surface area contributed by atoms with Crippen LogP contribution in [0, 0.1) is 25.7 Å². The Hall–Kier alpha value is -0.400. The topological polar surface area (TPSA) is 64.0 Å². The summed E-state index contributed by atoms with van der Waals surface area (Å²) in [6.07, 6.45) is 3.47. The van der Waals surface area contributed by atoms with Crippen LogP contribution in [0.15, 0.2) is 4.90 Å². The van der Waals surface area contributed by atoms with Crippen LogP contribution in [0.3, 0.4) is 0 Å². The lowest BCUT2D eigenvalue weighted by Gasteiger charge is -2.17. The molecule has 0 saturated heterocycles. The van der Waals surface area contributed by atoms with Gasteiger partial charge in [0.05, 0.1) is 11.4 Å². The van der Waals surface area contributed by atoms with E-state index in [-0.39, 0.29) is 0 Å². The molecule has 7 heteroatoms. The summed E-state index contributed by atoms with van der Waals surface area (Å²) >= 11 is 3.52. The summed E-state index contributed by atoms with van der Waals surface area (Å²) in [5, 5.41) is 5.13. The zero-order valence-electron chi connectivity index (χ0n) is 12.2. The monoisotopic (exact) mass is 363 g/mol. The smallest absolute Gasteiger partial charge is 0.244 e. The van der Waals surface area contributed by atoms with Gasteiger partial charge in [0.1, 0.15) is 4.90 Å². The molecule has 0 aliphatic heterocycles. The summed E-state index contributed by atoms with van der Waals surface area (Å²) in [4.78, 5) is 0.327. The van der Waals surface area contributed by atoms with Crippen molar-refractivity contribution in [2.75, 3.05) is 11.9 Å². The number of aryl methyl sites for hydroxylation is 2. The van der Waals surface area contributed by atoms with Crippen molar-refractivity contribution in [1.29, 1.82) is 0 Å². The fraction of sp³-hybridized carbons (Fsp3) is 0.769. The van der Waals surface area contributed by atoms with E-state index in [0.29, 0.717) is 34.7 Å². The average molecular weight is 364 g/mol. The summed E-state index contributed by atoms with van der Waals surface area (Å²) in [5.41, 5.74) is 1.24. The van der Waals surface area contributed by atoms with Crippen LogP contribution in [0.25, 0.3) is 0 Å². The van der Waals surface area contributed by atoms with Gasteiger partial charge in [-0.15, -0.1) is 0 Å². The maximum absolute atomic E-state index is 12.5. The van der Waals surface area contributed by atoms with Crippen LogP contribution in [0.1, 0.15) is 30.7 Å². The second-order valence-electron chi connectivity index (χ2n) is 5.58. The molecule has 1 aliphatic rings. The Kier molecular flexibility index (Phi) is 4.92. The van der Waals surface area contributed by atoms with Gasteiger partial charge in [-0.2, -0.15) is 5.10 Å². The second-order valence-corrected chi connectivity index (χ2v) is 7.93. The first-order valence-corrected chi connectivity index (χ1v) is 9.53. The number of halogens is 1. The molecule has 1 aromatic rings. The lowest BCUT2D eigenvalue weighted by molar-refractivity contribution is 0.422. The number of rotatable bonds is 5. The maximum Gasteiger partial charge on any atom is 0.244 e. The molecule has 1 N–H and O–H groups in total. The Labute approximate surface area is 129 Å². The third-order valence-electron chi connectivity index (χ3n) is 4.26. The first kappa shape index (κ1) is 16.0. The van der Waals surface area contributed by atoms with E-state index < -0.39 is 10.0 Å². The van der Waals surface area contributed by atoms with Gasteiger partial charge in [-0.05, 0) is 38.5 Å². The van der Waals surface area contributed by atoms with Gasteiger partial charge in [-0.1, -0.05) is 22.4 Å². The molecule has 2 rings (SSSR count). The highest BCUT2D eigenvalue weighted by molar-refractivity contribution is 9.09. The number of nitrogens with one attached hydrogen (secondary N) is 1. The molecular formula is C13H22BrN3O2S. The molecule has 0 radical (unpaired) electrons. The third kappa shape index (κ3) is 3.09. The van der Waals surface area contributed by atoms with Crippen molar-refractivity contribution in [3.8, 4) is 0 Å². The number of alkyl halides is 1. The predicted molar refractivity (Wildman–Crippen MR) is 82.5 cm³/mol. The number of nitrogens with zero attached hydrogens (tertiary/aromatic N) is 2. The van der Waals surface area contributed by atoms with E-state index in [0.717, 1.165) is 11.8 Å². The SMILES string of the molecule is Cc1nn(C)c(C)c1S(=O)(=O)NCC1CCCC1CBr. The minimum Gasteiger partial charge on any atom is -0.271 e. The van der Waals surface area contributed by atoms with Crippen LogP contribution < -0.4 is 4.72 Å². The van der Waals surface area contributed by atoms with Crippen molar-refractivity contribution in [2.45, 2.75) is 38.0 Å². The minimum atomic E-state index is -3.47. The number of hydrogen-bond donors (Lipinski definition) is 1. The Morgan fingerprint density at radius 3 is 2.55 bits per heavy atom. The molecule has 2 unspecified atom stereocenters. The van der Waals surface area contributed by atoms with E-state index in [4.69, 9.17) is 0 Å². The molecule has 0 bridgehead atoms. The average Bonchev–Trinajstić information content (AvgIpc) is 2.92. The van der Waals surface area contributed by atoms with Crippen LogP contribution in [-0.4, -0.2) is 30.1 Å². The molecule has 1 aromatic heterocycles. The van der Waals surface area contributed by atoms with Crippen molar-refractivity contribution in [3.05, 3.63) is 11.4 Å². The first-order valence-electron chi connectivity index (χ1n) is 6.92. The van der Waals surface area contributed by atoms with Crippen LogP contribution in [0.5, 0.6) is 0 Å². The highest BCUT2D eigenvalue weighted by Gasteiger charge is 2.29. The zero-order chi connectivity index (χ0) is 14.9. The van der Waals surface area contributed by atoms with Gasteiger partial charge in [0.2, 0.25) is 10.0 Å². The molecule has 0 spiro atoms. The van der Waals surface area contributed by atoms with E-state index in [1.54, 1.807) is 25.6 Å². The van der Waals surface area contributed by atoms with Gasteiger partial charge in [-0.3, -0.25) is 4.68 Å². The summed E-state index contributed by atoms with van der Waals surface area (Å²) in [6.45, 7) is 4.04. The van der Waals surface area contributed by atoms with Gasteiger partial charge >= 0.3 is 0 Å². The molecule has 2 atom stereocenters. The molecule has 0 amide bonds. The fourth-order valence-corrected chi connectivity index (χ4v) is 5.40. The van der Waals surface area contributed by atoms with Crippen LogP contribution in [0.4, 0.5) is 0 Å². The van der Waals surface area contributed by atoms with Crippen molar-refractivity contribution >= 4 is 26.0 Å². The molecule has 0 aromatic carbocycles. The van der Waals surface area contributed by atoms with Crippen LogP contribution in [-0.2, 0) is 17.1 Å². The highest BCUT2D eigenvalue weighted by Crippen LogP contribution is 2.32. The largest absolute Gasteiger partial charge is 0.271 e. The quantitative estimate of drug-likeness (QED) is 0.814. The number of aromatic nitrogens is 2.